The minimum absolute atomic E-state index is 0.0340. The SMILES string of the molecule is COc1ccc(OCc2nc(CCN(C)C(=O)c3ccccc3F)no2)cc1. The molecule has 28 heavy (non-hydrogen) atoms. The number of likely N-dealkylation sites (N-methyl/N-ethyl adjacent to an activating group) is 1. The number of methoxy groups -OCH3 is 1. The van der Waals surface area contributed by atoms with Crippen molar-refractivity contribution in [2.45, 2.75) is 13.0 Å². The van der Waals surface area contributed by atoms with Crippen LogP contribution in [0, 0.1) is 5.82 Å². The number of carbonyl (C=O) groups is 1. The second-order valence-corrected chi connectivity index (χ2v) is 6.03. The minimum Gasteiger partial charge on any atom is -0.497 e. The van der Waals surface area contributed by atoms with Gasteiger partial charge in [-0.25, -0.2) is 4.39 Å². The number of amides is 1. The number of hydrogen-bond acceptors (Lipinski definition) is 6. The highest BCUT2D eigenvalue weighted by atomic mass is 19.1. The Morgan fingerprint density at radius 3 is 2.57 bits per heavy atom. The second-order valence-electron chi connectivity index (χ2n) is 6.03. The normalized spacial score (nSPS) is 10.5. The number of nitrogens with zero attached hydrogens (tertiary/aromatic N) is 3. The van der Waals surface area contributed by atoms with Gasteiger partial charge in [-0.1, -0.05) is 17.3 Å². The van der Waals surface area contributed by atoms with E-state index >= 15 is 0 Å². The van der Waals surface area contributed by atoms with Crippen LogP contribution in [0.15, 0.2) is 53.1 Å². The Balaban J connectivity index is 1.50. The fourth-order valence-electron chi connectivity index (χ4n) is 2.48. The van der Waals surface area contributed by atoms with Crippen LogP contribution in [-0.4, -0.2) is 41.6 Å². The van der Waals surface area contributed by atoms with Crippen molar-refractivity contribution in [3.8, 4) is 11.5 Å². The molecule has 0 bridgehead atoms. The van der Waals surface area contributed by atoms with Gasteiger partial charge >= 0.3 is 0 Å². The fourth-order valence-corrected chi connectivity index (χ4v) is 2.48. The van der Waals surface area contributed by atoms with E-state index in [1.165, 1.54) is 17.0 Å². The number of aromatic nitrogens is 2. The lowest BCUT2D eigenvalue weighted by Gasteiger charge is -2.16. The third-order valence-electron chi connectivity index (χ3n) is 4.05. The van der Waals surface area contributed by atoms with Crippen LogP contribution in [0.2, 0.25) is 0 Å². The van der Waals surface area contributed by atoms with Gasteiger partial charge in [0.05, 0.1) is 12.7 Å². The van der Waals surface area contributed by atoms with Crippen LogP contribution >= 0.6 is 0 Å². The van der Waals surface area contributed by atoms with E-state index in [4.69, 9.17) is 14.0 Å². The molecule has 3 rings (SSSR count). The van der Waals surface area contributed by atoms with Crippen molar-refractivity contribution >= 4 is 5.91 Å². The van der Waals surface area contributed by atoms with E-state index in [0.29, 0.717) is 30.4 Å². The van der Waals surface area contributed by atoms with E-state index in [-0.39, 0.29) is 12.2 Å². The van der Waals surface area contributed by atoms with Gasteiger partial charge in [0.15, 0.2) is 12.4 Å². The Kier molecular flexibility index (Phi) is 6.21. The first-order valence-corrected chi connectivity index (χ1v) is 8.65. The molecule has 0 saturated carbocycles. The summed E-state index contributed by atoms with van der Waals surface area (Å²) in [5, 5.41) is 3.88. The molecular weight excluding hydrogens is 365 g/mol. The Morgan fingerprint density at radius 2 is 1.86 bits per heavy atom. The smallest absolute Gasteiger partial charge is 0.264 e. The molecule has 0 N–H and O–H groups in total. The summed E-state index contributed by atoms with van der Waals surface area (Å²) in [4.78, 5) is 17.9. The summed E-state index contributed by atoms with van der Waals surface area (Å²) in [5.41, 5.74) is 0.0340. The maximum Gasteiger partial charge on any atom is 0.264 e. The van der Waals surface area contributed by atoms with E-state index in [2.05, 4.69) is 10.1 Å². The van der Waals surface area contributed by atoms with E-state index in [1.807, 2.05) is 0 Å². The molecule has 1 aromatic heterocycles. The van der Waals surface area contributed by atoms with E-state index < -0.39 is 11.7 Å². The molecule has 8 heteroatoms. The van der Waals surface area contributed by atoms with E-state index in [0.717, 1.165) is 5.75 Å². The van der Waals surface area contributed by atoms with Crippen LogP contribution in [-0.2, 0) is 13.0 Å². The molecule has 0 saturated heterocycles. The van der Waals surface area contributed by atoms with Crippen molar-refractivity contribution < 1.29 is 23.2 Å². The number of carbonyl (C=O) groups excluding carboxylic acids is 1. The monoisotopic (exact) mass is 385 g/mol. The first-order chi connectivity index (χ1) is 13.6. The van der Waals surface area contributed by atoms with Gasteiger partial charge in [0.25, 0.3) is 11.8 Å². The predicted octanol–water partition coefficient (Wildman–Crippen LogP) is 3.11. The largest absolute Gasteiger partial charge is 0.497 e. The van der Waals surface area contributed by atoms with Crippen molar-refractivity contribution in [1.29, 1.82) is 0 Å². The van der Waals surface area contributed by atoms with Crippen molar-refractivity contribution in [1.82, 2.24) is 15.0 Å². The van der Waals surface area contributed by atoms with Gasteiger partial charge in [-0.05, 0) is 36.4 Å². The van der Waals surface area contributed by atoms with Crippen molar-refractivity contribution in [2.75, 3.05) is 20.7 Å². The third kappa shape index (κ3) is 4.85. The predicted molar refractivity (Wildman–Crippen MR) is 98.7 cm³/mol. The molecule has 0 spiro atoms. The summed E-state index contributed by atoms with van der Waals surface area (Å²) in [6, 6.07) is 13.0. The highest BCUT2D eigenvalue weighted by molar-refractivity contribution is 5.94. The second kappa shape index (κ2) is 8.98. The first-order valence-electron chi connectivity index (χ1n) is 8.65. The Hall–Kier alpha value is -3.42. The lowest BCUT2D eigenvalue weighted by atomic mass is 10.2. The molecule has 0 radical (unpaired) electrons. The van der Waals surface area contributed by atoms with Gasteiger partial charge in [0.1, 0.15) is 17.3 Å². The van der Waals surface area contributed by atoms with Crippen molar-refractivity contribution in [2.24, 2.45) is 0 Å². The average Bonchev–Trinajstić information content (AvgIpc) is 3.18. The first kappa shape index (κ1) is 19.3. The lowest BCUT2D eigenvalue weighted by Crippen LogP contribution is -2.29. The molecule has 0 atom stereocenters. The third-order valence-corrected chi connectivity index (χ3v) is 4.05. The van der Waals surface area contributed by atoms with Crippen LogP contribution in [0.5, 0.6) is 11.5 Å². The molecule has 0 aliphatic heterocycles. The van der Waals surface area contributed by atoms with Crippen molar-refractivity contribution in [3.63, 3.8) is 0 Å². The lowest BCUT2D eigenvalue weighted by molar-refractivity contribution is 0.0791. The number of hydrogen-bond donors (Lipinski definition) is 0. The highest BCUT2D eigenvalue weighted by Crippen LogP contribution is 2.18. The van der Waals surface area contributed by atoms with Crippen LogP contribution in [0.25, 0.3) is 0 Å². The average molecular weight is 385 g/mol. The fraction of sp³-hybridized carbons (Fsp3) is 0.250. The summed E-state index contributed by atoms with van der Waals surface area (Å²) < 4.78 is 29.5. The highest BCUT2D eigenvalue weighted by Gasteiger charge is 2.16. The van der Waals surface area contributed by atoms with Crippen LogP contribution in [0.4, 0.5) is 4.39 Å². The zero-order chi connectivity index (χ0) is 19.9. The molecule has 0 unspecified atom stereocenters. The quantitative estimate of drug-likeness (QED) is 0.593. The molecule has 1 heterocycles. The molecule has 3 aromatic rings. The van der Waals surface area contributed by atoms with Gasteiger partial charge in [-0.15, -0.1) is 0 Å². The summed E-state index contributed by atoms with van der Waals surface area (Å²) in [6.45, 7) is 0.453. The summed E-state index contributed by atoms with van der Waals surface area (Å²) in [5.74, 6) is 1.22. The Morgan fingerprint density at radius 1 is 1.14 bits per heavy atom. The Bertz CT molecular complexity index is 927. The zero-order valence-corrected chi connectivity index (χ0v) is 15.6. The molecular formula is C20H20FN3O4. The summed E-state index contributed by atoms with van der Waals surface area (Å²) >= 11 is 0. The number of halogens is 1. The zero-order valence-electron chi connectivity index (χ0n) is 15.6. The molecule has 0 fully saturated rings. The minimum atomic E-state index is -0.545. The van der Waals surface area contributed by atoms with Gasteiger partial charge in [0.2, 0.25) is 0 Å². The molecule has 0 aliphatic carbocycles. The maximum atomic E-state index is 13.7. The maximum absolute atomic E-state index is 13.7. The summed E-state index contributed by atoms with van der Waals surface area (Å²) in [7, 11) is 3.19. The molecule has 1 amide bonds. The number of rotatable bonds is 8. The van der Waals surface area contributed by atoms with E-state index in [1.54, 1.807) is 50.6 Å². The Labute approximate surface area is 161 Å². The molecule has 2 aromatic carbocycles. The summed E-state index contributed by atoms with van der Waals surface area (Å²) in [6.07, 6.45) is 0.378. The van der Waals surface area contributed by atoms with Gasteiger partial charge in [-0.2, -0.15) is 4.98 Å². The molecule has 7 nitrogen and oxygen atoms in total. The number of ether oxygens (including phenoxy) is 2. The topological polar surface area (TPSA) is 77.7 Å². The number of benzene rings is 2. The van der Waals surface area contributed by atoms with Crippen molar-refractivity contribution in [3.05, 3.63) is 71.6 Å². The van der Waals surface area contributed by atoms with Crippen LogP contribution in [0.1, 0.15) is 22.1 Å². The van der Waals surface area contributed by atoms with Gasteiger partial charge in [-0.3, -0.25) is 4.79 Å². The molecule has 0 aliphatic rings. The van der Waals surface area contributed by atoms with Gasteiger partial charge < -0.3 is 18.9 Å². The van der Waals surface area contributed by atoms with Gasteiger partial charge in [0, 0.05) is 20.0 Å². The standard InChI is InChI=1S/C20H20FN3O4/c1-24(20(25)16-5-3-4-6-17(16)21)12-11-18-22-19(28-23-18)13-27-15-9-7-14(26-2)8-10-15/h3-10H,11-13H2,1-2H3. The van der Waals surface area contributed by atoms with Crippen LogP contribution < -0.4 is 9.47 Å². The van der Waals surface area contributed by atoms with E-state index in [9.17, 15) is 9.18 Å². The van der Waals surface area contributed by atoms with Crippen LogP contribution in [0.3, 0.4) is 0 Å². The molecule has 146 valence electrons.